The molecular weight excluding hydrogens is 471 g/mol. The molecule has 8 atom stereocenters. The summed E-state index contributed by atoms with van der Waals surface area (Å²) >= 11 is 0. The normalized spacial score (nSPS) is 44.3. The summed E-state index contributed by atoms with van der Waals surface area (Å²) in [6.45, 7) is 2.31. The number of nitrogens with zero attached hydrogens (tertiary/aromatic N) is 2. The fraction of sp³-hybridized carbons (Fsp3) is 0.567. The van der Waals surface area contributed by atoms with Crippen LogP contribution in [0, 0.1) is 11.3 Å². The van der Waals surface area contributed by atoms with Crippen LogP contribution in [0.15, 0.2) is 48.2 Å². The van der Waals surface area contributed by atoms with E-state index in [1.54, 1.807) is 12.3 Å². The van der Waals surface area contributed by atoms with Crippen LogP contribution >= 0.6 is 0 Å². The molecule has 7 heteroatoms. The predicted octanol–water partition coefficient (Wildman–Crippen LogP) is 4.14. The maximum atomic E-state index is 16.9. The molecule has 196 valence electrons. The highest BCUT2D eigenvalue weighted by atomic mass is 19.1. The van der Waals surface area contributed by atoms with Gasteiger partial charge in [0.15, 0.2) is 5.67 Å². The van der Waals surface area contributed by atoms with E-state index in [0.29, 0.717) is 12.8 Å². The zero-order chi connectivity index (χ0) is 26.0. The fourth-order valence-corrected chi connectivity index (χ4v) is 8.73. The van der Waals surface area contributed by atoms with Crippen LogP contribution in [0.5, 0.6) is 5.88 Å². The Morgan fingerprint density at radius 3 is 2.70 bits per heavy atom. The third-order valence-electron chi connectivity index (χ3n) is 10.7. The highest BCUT2D eigenvalue weighted by Gasteiger charge is 2.76. The van der Waals surface area contributed by atoms with Gasteiger partial charge in [-0.15, -0.1) is 0 Å². The largest absolute Gasteiger partial charge is 0.493 e. The van der Waals surface area contributed by atoms with Crippen LogP contribution in [0.1, 0.15) is 51.0 Å². The van der Waals surface area contributed by atoms with Crippen molar-refractivity contribution in [1.82, 2.24) is 9.88 Å². The maximum absolute atomic E-state index is 16.9. The third kappa shape index (κ3) is 2.86. The van der Waals surface area contributed by atoms with Crippen molar-refractivity contribution in [3.63, 3.8) is 0 Å². The molecule has 2 aromatic rings. The van der Waals surface area contributed by atoms with Gasteiger partial charge in [0.25, 0.3) is 0 Å². The first-order valence-electron chi connectivity index (χ1n) is 13.4. The molecule has 2 bridgehead atoms. The second-order valence-corrected chi connectivity index (χ2v) is 12.6. The van der Waals surface area contributed by atoms with Crippen molar-refractivity contribution in [1.29, 1.82) is 0 Å². The lowest BCUT2D eigenvalue weighted by Gasteiger charge is -2.61. The number of fused-ring (bicyclic) bond motifs is 2. The number of halogens is 1. The zero-order valence-electron chi connectivity index (χ0n) is 21.6. The van der Waals surface area contributed by atoms with Crippen LogP contribution in [0.2, 0.25) is 0 Å². The highest BCUT2D eigenvalue weighted by Crippen LogP contribution is 2.70. The number of aliphatic hydroxyl groups excluding tert-OH is 2. The number of hydrogen-bond acceptors (Lipinski definition) is 6. The van der Waals surface area contributed by atoms with Crippen LogP contribution < -0.4 is 0 Å². The molecule has 0 amide bonds. The molecule has 3 N–H and O–H groups in total. The summed E-state index contributed by atoms with van der Waals surface area (Å²) in [5.74, 6) is 0.191. The van der Waals surface area contributed by atoms with Gasteiger partial charge in [0.05, 0.1) is 11.7 Å². The summed E-state index contributed by atoms with van der Waals surface area (Å²) in [5, 5.41) is 33.6. The highest BCUT2D eigenvalue weighted by molar-refractivity contribution is 5.87. The first-order chi connectivity index (χ1) is 17.5. The Morgan fingerprint density at radius 1 is 1.11 bits per heavy atom. The molecule has 0 radical (unpaired) electrons. The number of aromatic nitrogens is 1. The molecule has 2 unspecified atom stereocenters. The quantitative estimate of drug-likeness (QED) is 0.531. The van der Waals surface area contributed by atoms with Gasteiger partial charge < -0.3 is 25.0 Å². The van der Waals surface area contributed by atoms with Gasteiger partial charge in [0, 0.05) is 41.4 Å². The van der Waals surface area contributed by atoms with Crippen LogP contribution in [0.25, 0.3) is 16.3 Å². The van der Waals surface area contributed by atoms with E-state index in [1.165, 1.54) is 5.57 Å². The van der Waals surface area contributed by atoms with Gasteiger partial charge in [-0.3, -0.25) is 0 Å². The first-order valence-corrected chi connectivity index (χ1v) is 13.4. The lowest BCUT2D eigenvalue weighted by Crippen LogP contribution is -2.73. The second-order valence-electron chi connectivity index (χ2n) is 12.6. The third-order valence-corrected chi connectivity index (χ3v) is 10.7. The van der Waals surface area contributed by atoms with Crippen molar-refractivity contribution in [2.45, 2.75) is 80.6 Å². The number of pyridine rings is 1. The van der Waals surface area contributed by atoms with E-state index < -0.39 is 29.1 Å². The molecule has 5 aliphatic rings. The van der Waals surface area contributed by atoms with Crippen molar-refractivity contribution < 1.29 is 24.4 Å². The van der Waals surface area contributed by atoms with Gasteiger partial charge in [-0.25, -0.2) is 9.37 Å². The summed E-state index contributed by atoms with van der Waals surface area (Å²) in [6, 6.07) is 7.60. The summed E-state index contributed by atoms with van der Waals surface area (Å²) < 4.78 is 23.9. The Bertz CT molecular complexity index is 1370. The molecule has 2 aliphatic heterocycles. The van der Waals surface area contributed by atoms with Crippen LogP contribution in [-0.2, 0) is 4.74 Å². The van der Waals surface area contributed by atoms with E-state index >= 15 is 4.39 Å². The lowest BCUT2D eigenvalue weighted by molar-refractivity contribution is -0.282. The summed E-state index contributed by atoms with van der Waals surface area (Å²) in [5.41, 5.74) is -0.427. The number of allylic oxidation sites excluding steroid dienone is 3. The molecule has 1 aromatic carbocycles. The van der Waals surface area contributed by atoms with Crippen LogP contribution in [0.3, 0.4) is 0 Å². The molecule has 1 saturated carbocycles. The Hall–Kier alpha value is -2.32. The maximum Gasteiger partial charge on any atom is 0.211 e. The van der Waals surface area contributed by atoms with Gasteiger partial charge in [-0.1, -0.05) is 31.2 Å². The number of hydrogen-bond donors (Lipinski definition) is 3. The molecule has 2 saturated heterocycles. The number of aliphatic hydroxyl groups is 2. The van der Waals surface area contributed by atoms with Crippen molar-refractivity contribution in [3.05, 3.63) is 53.8 Å². The standard InChI is InChI=1S/C30H35FN2O4/c1-27-9-8-20-14-30(31)26(36)25(35)22(33(2)3)15-28(30)10-11-29(20,37-28)23(27)7-6-21(27)18-5-4-17-13-24(34)32-16-19(17)12-18/h4-6,8,12-13,16,22-23,25-26,35-36H,7,9-11,14-15H2,1-3H3,(H,32,34)/t22-,23?,25+,26-,27+,28+,29+,30?/m0/s1. The van der Waals surface area contributed by atoms with E-state index in [9.17, 15) is 15.3 Å². The SMILES string of the molecule is CN(C)[C@H]1C[C@@]23CC[C@@]4(O2)C(=CC[C@]2(C)C(c5ccc6cc(O)ncc6c5)=CCC24)CC3(F)[C@@H](O)[C@@H]1O. The Balaban J connectivity index is 1.28. The molecule has 3 aliphatic carbocycles. The molecule has 6 nitrogen and oxygen atoms in total. The summed E-state index contributed by atoms with van der Waals surface area (Å²) in [4.78, 5) is 5.95. The van der Waals surface area contributed by atoms with E-state index in [1.807, 2.05) is 25.1 Å². The first kappa shape index (κ1) is 23.8. The number of benzene rings is 1. The second kappa shape index (κ2) is 7.41. The Morgan fingerprint density at radius 2 is 1.92 bits per heavy atom. The molecule has 7 rings (SSSR count). The lowest BCUT2D eigenvalue weighted by atomic mass is 9.56. The van der Waals surface area contributed by atoms with E-state index in [2.05, 4.69) is 36.2 Å². The number of alkyl halides is 1. The topological polar surface area (TPSA) is 86.1 Å². The summed E-state index contributed by atoms with van der Waals surface area (Å²) in [7, 11) is 3.74. The van der Waals surface area contributed by atoms with Crippen LogP contribution in [0.4, 0.5) is 4.39 Å². The fourth-order valence-electron chi connectivity index (χ4n) is 8.73. The molecule has 3 heterocycles. The number of ether oxygens (including phenoxy) is 1. The monoisotopic (exact) mass is 506 g/mol. The molecule has 37 heavy (non-hydrogen) atoms. The number of likely N-dealkylation sites (N-methyl/N-ethyl adjacent to an activating group) is 1. The molecule has 3 fully saturated rings. The zero-order valence-corrected chi connectivity index (χ0v) is 21.6. The van der Waals surface area contributed by atoms with Crippen molar-refractivity contribution >= 4 is 16.3 Å². The minimum absolute atomic E-state index is 0.0156. The minimum Gasteiger partial charge on any atom is -0.493 e. The Kier molecular flexibility index (Phi) is 4.76. The van der Waals surface area contributed by atoms with Crippen molar-refractivity contribution in [3.8, 4) is 5.88 Å². The average molecular weight is 507 g/mol. The Labute approximate surface area is 216 Å². The molecule has 1 aromatic heterocycles. The number of aromatic hydroxyl groups is 1. The van der Waals surface area contributed by atoms with Gasteiger partial charge in [0.1, 0.15) is 11.7 Å². The van der Waals surface area contributed by atoms with Crippen molar-refractivity contribution in [2.24, 2.45) is 11.3 Å². The van der Waals surface area contributed by atoms with E-state index in [4.69, 9.17) is 4.74 Å². The summed E-state index contributed by atoms with van der Waals surface area (Å²) in [6.07, 6.45) is 6.97. The molecular formula is C30H35FN2O4. The smallest absolute Gasteiger partial charge is 0.211 e. The van der Waals surface area contributed by atoms with E-state index in [-0.39, 0.29) is 29.7 Å². The van der Waals surface area contributed by atoms with Gasteiger partial charge in [-0.05, 0) is 74.4 Å². The van der Waals surface area contributed by atoms with E-state index in [0.717, 1.165) is 41.2 Å². The molecule has 2 spiro atoms. The average Bonchev–Trinajstić information content (AvgIpc) is 3.40. The number of rotatable bonds is 2. The van der Waals surface area contributed by atoms with Gasteiger partial charge in [0.2, 0.25) is 5.88 Å². The van der Waals surface area contributed by atoms with Crippen molar-refractivity contribution in [2.75, 3.05) is 14.1 Å². The van der Waals surface area contributed by atoms with Gasteiger partial charge >= 0.3 is 0 Å². The van der Waals surface area contributed by atoms with Crippen LogP contribution in [-0.4, -0.2) is 74.4 Å². The predicted molar refractivity (Wildman–Crippen MR) is 139 cm³/mol. The van der Waals surface area contributed by atoms with Gasteiger partial charge in [-0.2, -0.15) is 0 Å². The minimum atomic E-state index is -2.00.